The molecule has 3 nitrogen and oxygen atoms in total. The molecule has 0 bridgehead atoms. The maximum absolute atomic E-state index is 13.2. The minimum Gasteiger partial charge on any atom is -0.349 e. The molecule has 3 atom stereocenters. The lowest BCUT2D eigenvalue weighted by Crippen LogP contribution is -2.36. The molecule has 0 spiro atoms. The third-order valence-corrected chi connectivity index (χ3v) is 6.30. The number of benzene rings is 3. The van der Waals surface area contributed by atoms with Gasteiger partial charge in [-0.15, -0.1) is 0 Å². The van der Waals surface area contributed by atoms with E-state index in [4.69, 9.17) is 0 Å². The van der Waals surface area contributed by atoms with Crippen molar-refractivity contribution < 1.29 is 9.59 Å². The lowest BCUT2D eigenvalue weighted by atomic mass is 9.88. The lowest BCUT2D eigenvalue weighted by Gasteiger charge is -2.25. The van der Waals surface area contributed by atoms with Gasteiger partial charge in [0, 0.05) is 12.7 Å². The van der Waals surface area contributed by atoms with Gasteiger partial charge >= 0.3 is 0 Å². The second kappa shape index (κ2) is 9.75. The van der Waals surface area contributed by atoms with Crippen LogP contribution in [0.3, 0.4) is 0 Å². The highest BCUT2D eigenvalue weighted by Crippen LogP contribution is 2.29. The van der Waals surface area contributed by atoms with Crippen LogP contribution in [0.2, 0.25) is 0 Å². The van der Waals surface area contributed by atoms with E-state index in [-0.39, 0.29) is 28.9 Å². The van der Waals surface area contributed by atoms with Gasteiger partial charge in [0.1, 0.15) is 0 Å². The summed E-state index contributed by atoms with van der Waals surface area (Å²) in [5, 5.41) is 5.55. The minimum atomic E-state index is -0.283. The van der Waals surface area contributed by atoms with E-state index in [9.17, 15) is 9.59 Å². The van der Waals surface area contributed by atoms with Crippen molar-refractivity contribution in [2.24, 2.45) is 5.92 Å². The molecule has 0 aromatic heterocycles. The summed E-state index contributed by atoms with van der Waals surface area (Å²) in [7, 11) is 0. The molecule has 4 heteroatoms. The van der Waals surface area contributed by atoms with Gasteiger partial charge in [-0.05, 0) is 40.8 Å². The van der Waals surface area contributed by atoms with Crippen molar-refractivity contribution in [3.8, 4) is 0 Å². The van der Waals surface area contributed by atoms with Crippen LogP contribution < -0.4 is 5.32 Å². The van der Waals surface area contributed by atoms with Crippen molar-refractivity contribution in [1.29, 1.82) is 0 Å². The molecule has 0 aliphatic heterocycles. The SMILES string of the molecule is CC(=O)SCC(C(=O)N[C@@H](C)c1ccc2ccccc2c1)C(C)c1ccccc1. The third kappa shape index (κ3) is 5.48. The summed E-state index contributed by atoms with van der Waals surface area (Å²) < 4.78 is 0. The Balaban J connectivity index is 1.77. The van der Waals surface area contributed by atoms with E-state index >= 15 is 0 Å². The first-order valence-electron chi connectivity index (χ1n) is 9.93. The van der Waals surface area contributed by atoms with Gasteiger partial charge < -0.3 is 5.32 Å². The van der Waals surface area contributed by atoms with E-state index in [2.05, 4.69) is 42.6 Å². The number of nitrogens with one attached hydrogen (secondary N) is 1. The first kappa shape index (κ1) is 21.1. The Kier molecular flexibility index (Phi) is 7.10. The Labute approximate surface area is 176 Å². The van der Waals surface area contributed by atoms with Crippen LogP contribution in [-0.2, 0) is 9.59 Å². The molecule has 150 valence electrons. The summed E-state index contributed by atoms with van der Waals surface area (Å²) in [4.78, 5) is 24.7. The molecule has 3 aromatic rings. The summed E-state index contributed by atoms with van der Waals surface area (Å²) in [6.45, 7) is 5.61. The number of thioether (sulfide) groups is 1. The fourth-order valence-corrected chi connectivity index (χ4v) is 4.38. The second-order valence-electron chi connectivity index (χ2n) is 7.45. The van der Waals surface area contributed by atoms with Crippen molar-refractivity contribution in [2.45, 2.75) is 32.7 Å². The number of fused-ring (bicyclic) bond motifs is 1. The number of rotatable bonds is 7. The van der Waals surface area contributed by atoms with Crippen LogP contribution in [0.4, 0.5) is 0 Å². The van der Waals surface area contributed by atoms with Gasteiger partial charge in [0.25, 0.3) is 0 Å². The molecular formula is C25H27NO2S. The molecule has 0 fully saturated rings. The number of carbonyl (C=O) groups excluding carboxylic acids is 2. The molecule has 0 aliphatic carbocycles. The molecule has 2 unspecified atom stereocenters. The predicted molar refractivity (Wildman–Crippen MR) is 122 cm³/mol. The highest BCUT2D eigenvalue weighted by Gasteiger charge is 2.28. The van der Waals surface area contributed by atoms with Crippen LogP contribution in [0.15, 0.2) is 72.8 Å². The fourth-order valence-electron chi connectivity index (χ4n) is 3.52. The molecule has 0 saturated heterocycles. The normalized spacial score (nSPS) is 14.2. The summed E-state index contributed by atoms with van der Waals surface area (Å²) in [5.41, 5.74) is 2.18. The van der Waals surface area contributed by atoms with Crippen molar-refractivity contribution in [2.75, 3.05) is 5.75 Å². The average molecular weight is 406 g/mol. The number of carbonyl (C=O) groups is 2. The summed E-state index contributed by atoms with van der Waals surface area (Å²) in [5.74, 6) is 0.193. The van der Waals surface area contributed by atoms with Gasteiger partial charge in [0.05, 0.1) is 12.0 Å². The quantitative estimate of drug-likeness (QED) is 0.547. The van der Waals surface area contributed by atoms with Crippen LogP contribution in [0.1, 0.15) is 43.9 Å². The van der Waals surface area contributed by atoms with Crippen LogP contribution in [-0.4, -0.2) is 16.8 Å². The zero-order valence-electron chi connectivity index (χ0n) is 17.1. The van der Waals surface area contributed by atoms with Crippen LogP contribution in [0, 0.1) is 5.92 Å². The van der Waals surface area contributed by atoms with E-state index in [1.54, 1.807) is 6.92 Å². The van der Waals surface area contributed by atoms with Crippen LogP contribution in [0.25, 0.3) is 10.8 Å². The molecule has 0 saturated carbocycles. The van der Waals surface area contributed by atoms with Gasteiger partial charge in [-0.3, -0.25) is 9.59 Å². The first-order chi connectivity index (χ1) is 14.0. The summed E-state index contributed by atoms with van der Waals surface area (Å²) in [6, 6.07) is 24.4. The Morgan fingerprint density at radius 2 is 1.52 bits per heavy atom. The molecule has 1 amide bonds. The topological polar surface area (TPSA) is 46.2 Å². The van der Waals surface area contributed by atoms with E-state index in [1.807, 2.05) is 49.4 Å². The molecular weight excluding hydrogens is 378 g/mol. The zero-order chi connectivity index (χ0) is 20.8. The van der Waals surface area contributed by atoms with Gasteiger partial charge in [0.2, 0.25) is 5.91 Å². The largest absolute Gasteiger partial charge is 0.349 e. The first-order valence-corrected chi connectivity index (χ1v) is 10.9. The van der Waals surface area contributed by atoms with Gasteiger partial charge in [-0.1, -0.05) is 85.4 Å². The Bertz CT molecular complexity index is 986. The third-order valence-electron chi connectivity index (χ3n) is 5.36. The molecule has 1 N–H and O–H groups in total. The van der Waals surface area contributed by atoms with Gasteiger partial charge in [-0.2, -0.15) is 0 Å². The van der Waals surface area contributed by atoms with E-state index in [0.29, 0.717) is 5.75 Å². The van der Waals surface area contributed by atoms with Gasteiger partial charge in [-0.25, -0.2) is 0 Å². The Morgan fingerprint density at radius 1 is 0.862 bits per heavy atom. The fraction of sp³-hybridized carbons (Fsp3) is 0.280. The lowest BCUT2D eigenvalue weighted by molar-refractivity contribution is -0.125. The smallest absolute Gasteiger partial charge is 0.225 e. The predicted octanol–water partition coefficient (Wildman–Crippen LogP) is 5.72. The second-order valence-corrected chi connectivity index (χ2v) is 8.64. The van der Waals surface area contributed by atoms with Crippen molar-refractivity contribution in [3.05, 3.63) is 83.9 Å². The van der Waals surface area contributed by atoms with Crippen molar-refractivity contribution in [3.63, 3.8) is 0 Å². The minimum absolute atomic E-state index is 0.0178. The molecule has 0 radical (unpaired) electrons. The van der Waals surface area contributed by atoms with Crippen LogP contribution >= 0.6 is 11.8 Å². The summed E-state index contributed by atoms with van der Waals surface area (Å²) >= 11 is 1.22. The molecule has 0 aliphatic rings. The standard InChI is InChI=1S/C25H27NO2S/c1-17(20-9-5-4-6-10-20)24(16-29-19(3)27)25(28)26-18(2)22-14-13-21-11-7-8-12-23(21)15-22/h4-15,17-18,24H,16H2,1-3H3,(H,26,28)/t17?,18-,24?/m0/s1. The number of amides is 1. The molecule has 3 aromatic carbocycles. The van der Waals surface area contributed by atoms with Crippen molar-refractivity contribution in [1.82, 2.24) is 5.32 Å². The van der Waals surface area contributed by atoms with Crippen molar-refractivity contribution >= 4 is 33.6 Å². The molecule has 29 heavy (non-hydrogen) atoms. The van der Waals surface area contributed by atoms with Crippen LogP contribution in [0.5, 0.6) is 0 Å². The molecule has 0 heterocycles. The van der Waals surface area contributed by atoms with E-state index < -0.39 is 0 Å². The summed E-state index contributed by atoms with van der Waals surface area (Å²) in [6.07, 6.45) is 0. The van der Waals surface area contributed by atoms with Gasteiger partial charge in [0.15, 0.2) is 5.12 Å². The maximum Gasteiger partial charge on any atom is 0.225 e. The maximum atomic E-state index is 13.2. The van der Waals surface area contributed by atoms with E-state index in [0.717, 1.165) is 16.5 Å². The highest BCUT2D eigenvalue weighted by molar-refractivity contribution is 8.13. The van der Waals surface area contributed by atoms with E-state index in [1.165, 1.54) is 17.1 Å². The Morgan fingerprint density at radius 3 is 2.21 bits per heavy atom. The number of hydrogen-bond donors (Lipinski definition) is 1. The monoisotopic (exact) mass is 405 g/mol. The Hall–Kier alpha value is -2.59. The highest BCUT2D eigenvalue weighted by atomic mass is 32.2. The zero-order valence-corrected chi connectivity index (χ0v) is 17.9. The average Bonchev–Trinajstić information content (AvgIpc) is 2.73. The number of hydrogen-bond acceptors (Lipinski definition) is 3. The molecule has 3 rings (SSSR count).